The van der Waals surface area contributed by atoms with Crippen molar-refractivity contribution in [3.05, 3.63) is 235 Å². The van der Waals surface area contributed by atoms with E-state index in [0.717, 1.165) is 27.3 Å². The number of hydrogen-bond donors (Lipinski definition) is 0. The maximum absolute atomic E-state index is 7.53. The van der Waals surface area contributed by atoms with E-state index in [2.05, 4.69) is 212 Å². The molecule has 0 radical (unpaired) electrons. The summed E-state index contributed by atoms with van der Waals surface area (Å²) in [7, 11) is -1.19. The summed E-state index contributed by atoms with van der Waals surface area (Å²) in [5, 5.41) is 2.25. The molecule has 0 heterocycles. The van der Waals surface area contributed by atoms with Crippen LogP contribution < -0.4 is 10.6 Å². The summed E-state index contributed by atoms with van der Waals surface area (Å²) >= 11 is 1.83. The first-order chi connectivity index (χ1) is 24.8. The molecule has 2 atom stereocenters. The number of hydrogen-bond acceptors (Lipinski definition) is 3. The highest BCUT2D eigenvalue weighted by atomic mass is 32.2. The number of rotatable bonds is 14. The van der Waals surface area contributed by atoms with Crippen molar-refractivity contribution in [1.29, 1.82) is 0 Å². The van der Waals surface area contributed by atoms with Crippen LogP contribution in [-0.2, 0) is 14.9 Å². The highest BCUT2D eigenvalue weighted by molar-refractivity contribution is 7.99. The average Bonchev–Trinajstić information content (AvgIpc) is 3.21. The van der Waals surface area contributed by atoms with Crippen molar-refractivity contribution in [3.63, 3.8) is 0 Å². The molecule has 0 fully saturated rings. The van der Waals surface area contributed by atoms with Gasteiger partial charge < -0.3 is 9.26 Å². The Balaban J connectivity index is 1.38. The Hall–Kier alpha value is -4.76. The molecule has 2 nitrogen and oxygen atoms in total. The highest BCUT2D eigenvalue weighted by Crippen LogP contribution is 2.47. The monoisotopic (exact) mass is 686 g/mol. The molecule has 0 saturated carbocycles. The molecule has 50 heavy (non-hydrogen) atoms. The lowest BCUT2D eigenvalue weighted by molar-refractivity contribution is -0.0278. The van der Waals surface area contributed by atoms with Gasteiger partial charge in [-0.2, -0.15) is 0 Å². The van der Waals surface area contributed by atoms with E-state index in [-0.39, 0.29) is 11.4 Å². The summed E-state index contributed by atoms with van der Waals surface area (Å²) in [5.74, 6) is 0. The standard InChI is InChI=1S/C46H39O2PS/c1-8-22-37(23-9-1)45(50-43-34-20-7-21-35-43)44(48-49(41-30-16-5-17-31-41)42-32-18-6-19-33-42)36-47-46(38-24-10-2-11-25-38,39-26-12-3-13-27-39)40-28-14-4-15-29-40/h1-35,44-45H,36H2/t44-,45+/m0/s1. The van der Waals surface area contributed by atoms with Gasteiger partial charge in [-0.05, 0) is 34.4 Å². The fourth-order valence-electron chi connectivity index (χ4n) is 6.33. The average molecular weight is 687 g/mol. The smallest absolute Gasteiger partial charge is 0.143 e. The van der Waals surface area contributed by atoms with E-state index in [0.29, 0.717) is 6.61 Å². The van der Waals surface area contributed by atoms with Crippen LogP contribution in [0.2, 0.25) is 0 Å². The van der Waals surface area contributed by atoms with Crippen LogP contribution >= 0.6 is 19.9 Å². The molecule has 4 heteroatoms. The molecule has 7 aromatic rings. The largest absolute Gasteiger partial charge is 0.358 e. The molecular formula is C46H39O2PS. The third-order valence-electron chi connectivity index (χ3n) is 8.70. The van der Waals surface area contributed by atoms with E-state index < -0.39 is 13.7 Å². The zero-order valence-electron chi connectivity index (χ0n) is 27.7. The molecule has 0 aliphatic rings. The molecule has 0 spiro atoms. The summed E-state index contributed by atoms with van der Waals surface area (Å²) in [4.78, 5) is 1.18. The van der Waals surface area contributed by atoms with Crippen molar-refractivity contribution < 1.29 is 9.26 Å². The van der Waals surface area contributed by atoms with Gasteiger partial charge in [-0.15, -0.1) is 11.8 Å². The third-order valence-corrected chi connectivity index (χ3v) is 12.1. The van der Waals surface area contributed by atoms with Gasteiger partial charge in [-0.3, -0.25) is 0 Å². The van der Waals surface area contributed by atoms with Crippen LogP contribution in [0.25, 0.3) is 0 Å². The van der Waals surface area contributed by atoms with Crippen LogP contribution in [-0.4, -0.2) is 12.7 Å². The van der Waals surface area contributed by atoms with Crippen molar-refractivity contribution in [2.24, 2.45) is 0 Å². The Labute approximate surface area is 301 Å². The molecule has 7 aromatic carbocycles. The number of ether oxygens (including phenoxy) is 1. The topological polar surface area (TPSA) is 18.5 Å². The first-order valence-electron chi connectivity index (χ1n) is 17.0. The summed E-state index contributed by atoms with van der Waals surface area (Å²) in [6.07, 6.45) is -0.343. The predicted octanol–water partition coefficient (Wildman–Crippen LogP) is 11.0. The van der Waals surface area contributed by atoms with Gasteiger partial charge >= 0.3 is 0 Å². The first-order valence-corrected chi connectivity index (χ1v) is 19.1. The molecule has 0 aromatic heterocycles. The van der Waals surface area contributed by atoms with Gasteiger partial charge in [0.1, 0.15) is 11.7 Å². The summed E-state index contributed by atoms with van der Waals surface area (Å²) < 4.78 is 15.1. The normalized spacial score (nSPS) is 12.7. The zero-order valence-corrected chi connectivity index (χ0v) is 29.5. The first kappa shape index (κ1) is 33.7. The van der Waals surface area contributed by atoms with E-state index >= 15 is 0 Å². The minimum Gasteiger partial charge on any atom is -0.358 e. The van der Waals surface area contributed by atoms with Crippen LogP contribution in [0.5, 0.6) is 0 Å². The Kier molecular flexibility index (Phi) is 11.3. The van der Waals surface area contributed by atoms with Crippen molar-refractivity contribution in [1.82, 2.24) is 0 Å². The summed E-state index contributed by atoms with van der Waals surface area (Å²) in [6, 6.07) is 74.4. The van der Waals surface area contributed by atoms with Gasteiger partial charge in [0.15, 0.2) is 0 Å². The van der Waals surface area contributed by atoms with Crippen LogP contribution in [0.1, 0.15) is 27.5 Å². The molecule has 0 aliphatic heterocycles. The van der Waals surface area contributed by atoms with Crippen LogP contribution in [0.15, 0.2) is 217 Å². The van der Waals surface area contributed by atoms with Crippen molar-refractivity contribution >= 4 is 30.5 Å². The Morgan fingerprint density at radius 3 is 1.22 bits per heavy atom. The molecule has 0 N–H and O–H groups in total. The van der Waals surface area contributed by atoms with Crippen LogP contribution in [0, 0.1) is 0 Å². The molecule has 0 amide bonds. The molecule has 0 unspecified atom stereocenters. The Morgan fingerprint density at radius 2 is 0.800 bits per heavy atom. The van der Waals surface area contributed by atoms with Crippen molar-refractivity contribution in [3.8, 4) is 0 Å². The molecule has 246 valence electrons. The second-order valence-corrected chi connectivity index (χ2v) is 15.0. The van der Waals surface area contributed by atoms with E-state index in [9.17, 15) is 0 Å². The zero-order chi connectivity index (χ0) is 33.9. The van der Waals surface area contributed by atoms with Gasteiger partial charge in [0, 0.05) is 15.5 Å². The molecular weight excluding hydrogens is 648 g/mol. The molecule has 0 aliphatic carbocycles. The predicted molar refractivity (Wildman–Crippen MR) is 211 cm³/mol. The van der Waals surface area contributed by atoms with Gasteiger partial charge in [0.2, 0.25) is 0 Å². The van der Waals surface area contributed by atoms with Crippen LogP contribution in [0.4, 0.5) is 0 Å². The molecule has 7 rings (SSSR count). The van der Waals surface area contributed by atoms with Gasteiger partial charge in [-0.25, -0.2) is 0 Å². The lowest BCUT2D eigenvalue weighted by Gasteiger charge is -2.39. The second-order valence-electron chi connectivity index (χ2n) is 12.0. The molecule has 0 bridgehead atoms. The van der Waals surface area contributed by atoms with E-state index in [4.69, 9.17) is 9.26 Å². The number of thioether (sulfide) groups is 1. The lowest BCUT2D eigenvalue weighted by atomic mass is 9.80. The number of benzene rings is 7. The Bertz CT molecular complexity index is 1860. The highest BCUT2D eigenvalue weighted by Gasteiger charge is 2.40. The second kappa shape index (κ2) is 16.8. The van der Waals surface area contributed by atoms with E-state index in [1.807, 2.05) is 11.8 Å². The van der Waals surface area contributed by atoms with Crippen molar-refractivity contribution in [2.45, 2.75) is 21.9 Å². The SMILES string of the molecule is c1ccc(S[C@H](c2ccccc2)[C@H](COC(c2ccccc2)(c2ccccc2)c2ccccc2)OP(c2ccccc2)c2ccccc2)cc1. The minimum atomic E-state index is -1.19. The van der Waals surface area contributed by atoms with Gasteiger partial charge in [-0.1, -0.05) is 200 Å². The van der Waals surface area contributed by atoms with Gasteiger partial charge in [0.25, 0.3) is 0 Å². The maximum atomic E-state index is 7.53. The molecule has 0 saturated heterocycles. The van der Waals surface area contributed by atoms with Crippen molar-refractivity contribution in [2.75, 3.05) is 6.61 Å². The summed E-state index contributed by atoms with van der Waals surface area (Å²) in [6.45, 7) is 0.330. The summed E-state index contributed by atoms with van der Waals surface area (Å²) in [5.41, 5.74) is 3.51. The lowest BCUT2D eigenvalue weighted by Crippen LogP contribution is -2.38. The maximum Gasteiger partial charge on any atom is 0.143 e. The fraction of sp³-hybridized carbons (Fsp3) is 0.0870. The Morgan fingerprint density at radius 1 is 0.440 bits per heavy atom. The fourth-order valence-corrected chi connectivity index (χ4v) is 9.48. The van der Waals surface area contributed by atoms with Crippen LogP contribution in [0.3, 0.4) is 0 Å². The van der Waals surface area contributed by atoms with E-state index in [1.54, 1.807) is 0 Å². The van der Waals surface area contributed by atoms with E-state index in [1.165, 1.54) is 10.5 Å². The van der Waals surface area contributed by atoms with Gasteiger partial charge in [0.05, 0.1) is 20.0 Å². The third kappa shape index (κ3) is 7.83. The quantitative estimate of drug-likeness (QED) is 0.0645. The minimum absolute atomic E-state index is 0.0731.